The molecule has 2 aliphatic heterocycles. The molecule has 7 heteroatoms. The SMILES string of the molecule is CC[C@@H]1CCCCN1C(=O)CCN1C(=O)/C(=C/c2ccccc2OC)SC1=S. The fourth-order valence-electron chi connectivity index (χ4n) is 3.72. The van der Waals surface area contributed by atoms with E-state index in [-0.39, 0.29) is 11.8 Å². The van der Waals surface area contributed by atoms with E-state index in [9.17, 15) is 9.59 Å². The van der Waals surface area contributed by atoms with E-state index in [1.54, 1.807) is 18.1 Å². The molecule has 5 nitrogen and oxygen atoms in total. The van der Waals surface area contributed by atoms with Crippen molar-refractivity contribution in [1.29, 1.82) is 0 Å². The zero-order valence-corrected chi connectivity index (χ0v) is 18.0. The molecule has 0 bridgehead atoms. The van der Waals surface area contributed by atoms with E-state index in [0.29, 0.717) is 34.0 Å². The molecule has 2 amide bonds. The predicted molar refractivity (Wildman–Crippen MR) is 117 cm³/mol. The summed E-state index contributed by atoms with van der Waals surface area (Å²) in [6.45, 7) is 3.28. The summed E-state index contributed by atoms with van der Waals surface area (Å²) in [6.07, 6.45) is 6.41. The molecule has 2 saturated heterocycles. The van der Waals surface area contributed by atoms with Crippen molar-refractivity contribution < 1.29 is 14.3 Å². The van der Waals surface area contributed by atoms with Gasteiger partial charge in [0.15, 0.2) is 0 Å². The van der Waals surface area contributed by atoms with Crippen LogP contribution in [0.3, 0.4) is 0 Å². The van der Waals surface area contributed by atoms with E-state index in [1.165, 1.54) is 18.2 Å². The fourth-order valence-corrected chi connectivity index (χ4v) is 5.02. The lowest BCUT2D eigenvalue weighted by Gasteiger charge is -2.35. The minimum Gasteiger partial charge on any atom is -0.496 e. The summed E-state index contributed by atoms with van der Waals surface area (Å²) in [7, 11) is 1.60. The van der Waals surface area contributed by atoms with Crippen LogP contribution in [-0.4, -0.2) is 52.2 Å². The third-order valence-corrected chi connectivity index (χ3v) is 6.64. The highest BCUT2D eigenvalue weighted by Crippen LogP contribution is 2.34. The summed E-state index contributed by atoms with van der Waals surface area (Å²) in [5, 5.41) is 0. The van der Waals surface area contributed by atoms with E-state index in [1.807, 2.05) is 29.2 Å². The van der Waals surface area contributed by atoms with E-state index in [0.717, 1.165) is 31.4 Å². The molecule has 1 atom stereocenters. The lowest BCUT2D eigenvalue weighted by molar-refractivity contribution is -0.135. The van der Waals surface area contributed by atoms with Crippen molar-refractivity contribution in [1.82, 2.24) is 9.80 Å². The third-order valence-electron chi connectivity index (χ3n) is 5.27. The van der Waals surface area contributed by atoms with Gasteiger partial charge in [0.05, 0.1) is 12.0 Å². The first-order valence-electron chi connectivity index (χ1n) is 9.73. The van der Waals surface area contributed by atoms with Crippen LogP contribution < -0.4 is 4.74 Å². The van der Waals surface area contributed by atoms with Gasteiger partial charge in [0.25, 0.3) is 5.91 Å². The number of para-hydroxylation sites is 1. The Kier molecular flexibility index (Phi) is 7.13. The Hall–Kier alpha value is -1.86. The molecule has 0 saturated carbocycles. The average Bonchev–Trinajstić information content (AvgIpc) is 2.99. The largest absolute Gasteiger partial charge is 0.496 e. The van der Waals surface area contributed by atoms with Gasteiger partial charge in [-0.1, -0.05) is 49.1 Å². The lowest BCUT2D eigenvalue weighted by Crippen LogP contribution is -2.44. The van der Waals surface area contributed by atoms with Crippen LogP contribution in [-0.2, 0) is 9.59 Å². The summed E-state index contributed by atoms with van der Waals surface area (Å²) in [4.78, 5) is 29.6. The van der Waals surface area contributed by atoms with Gasteiger partial charge in [-0.3, -0.25) is 14.5 Å². The van der Waals surface area contributed by atoms with E-state index in [4.69, 9.17) is 17.0 Å². The highest BCUT2D eigenvalue weighted by Gasteiger charge is 2.33. The Morgan fingerprint density at radius 2 is 2.14 bits per heavy atom. The van der Waals surface area contributed by atoms with Crippen LogP contribution in [0.4, 0.5) is 0 Å². The van der Waals surface area contributed by atoms with Gasteiger partial charge >= 0.3 is 0 Å². The highest BCUT2D eigenvalue weighted by atomic mass is 32.2. The Balaban J connectivity index is 1.65. The van der Waals surface area contributed by atoms with E-state index >= 15 is 0 Å². The fraction of sp³-hybridized carbons (Fsp3) is 0.476. The molecule has 0 aromatic heterocycles. The number of rotatable bonds is 6. The Morgan fingerprint density at radius 1 is 1.36 bits per heavy atom. The Bertz CT molecular complexity index is 794. The molecular formula is C21H26N2O3S2. The number of ether oxygens (including phenoxy) is 1. The maximum absolute atomic E-state index is 12.8. The van der Waals surface area contributed by atoms with Crippen molar-refractivity contribution >= 4 is 46.2 Å². The summed E-state index contributed by atoms with van der Waals surface area (Å²) in [5.74, 6) is 0.687. The van der Waals surface area contributed by atoms with Gasteiger partial charge in [-0.05, 0) is 37.8 Å². The topological polar surface area (TPSA) is 49.9 Å². The highest BCUT2D eigenvalue weighted by molar-refractivity contribution is 8.26. The Morgan fingerprint density at radius 3 is 2.89 bits per heavy atom. The minimum atomic E-state index is -0.139. The van der Waals surface area contributed by atoms with Crippen molar-refractivity contribution in [3.05, 3.63) is 34.7 Å². The molecular weight excluding hydrogens is 392 g/mol. The zero-order chi connectivity index (χ0) is 20.1. The number of thiocarbonyl (C=S) groups is 1. The minimum absolute atomic E-state index is 0.120. The number of likely N-dealkylation sites (tertiary alicyclic amines) is 1. The third kappa shape index (κ3) is 4.58. The predicted octanol–water partition coefficient (Wildman–Crippen LogP) is 4.08. The van der Waals surface area contributed by atoms with Gasteiger partial charge in [0, 0.05) is 31.1 Å². The maximum Gasteiger partial charge on any atom is 0.266 e. The van der Waals surface area contributed by atoms with Gasteiger partial charge in [-0.15, -0.1) is 0 Å². The Labute approximate surface area is 176 Å². The quantitative estimate of drug-likeness (QED) is 0.515. The molecule has 2 fully saturated rings. The first-order chi connectivity index (χ1) is 13.5. The van der Waals surface area contributed by atoms with Crippen LogP contribution in [0.1, 0.15) is 44.6 Å². The molecule has 150 valence electrons. The number of piperidine rings is 1. The summed E-state index contributed by atoms with van der Waals surface area (Å²) in [6, 6.07) is 7.87. The summed E-state index contributed by atoms with van der Waals surface area (Å²) in [5.41, 5.74) is 0.834. The molecule has 2 aliphatic rings. The zero-order valence-electron chi connectivity index (χ0n) is 16.3. The number of thioether (sulfide) groups is 1. The molecule has 0 unspecified atom stereocenters. The first kappa shape index (κ1) is 20.9. The smallest absolute Gasteiger partial charge is 0.266 e. The van der Waals surface area contributed by atoms with Gasteiger partial charge in [0.1, 0.15) is 10.1 Å². The number of nitrogens with zero attached hydrogens (tertiary/aromatic N) is 2. The lowest BCUT2D eigenvalue weighted by atomic mass is 9.99. The number of carbonyl (C=O) groups is 2. The number of hydrogen-bond donors (Lipinski definition) is 0. The molecule has 0 aliphatic carbocycles. The summed E-state index contributed by atoms with van der Waals surface area (Å²) >= 11 is 6.67. The number of amides is 2. The molecule has 0 N–H and O–H groups in total. The van der Waals surface area contributed by atoms with Crippen LogP contribution in [0.25, 0.3) is 6.08 Å². The van der Waals surface area contributed by atoms with Crippen LogP contribution in [0.15, 0.2) is 29.2 Å². The molecule has 2 heterocycles. The molecule has 0 radical (unpaired) electrons. The van der Waals surface area contributed by atoms with Gasteiger partial charge in [-0.25, -0.2) is 0 Å². The first-order valence-corrected chi connectivity index (χ1v) is 11.0. The van der Waals surface area contributed by atoms with E-state index in [2.05, 4.69) is 6.92 Å². The van der Waals surface area contributed by atoms with E-state index < -0.39 is 0 Å². The van der Waals surface area contributed by atoms with Gasteiger partial charge < -0.3 is 9.64 Å². The molecule has 0 spiro atoms. The number of hydrogen-bond acceptors (Lipinski definition) is 5. The molecule has 1 aromatic carbocycles. The normalized spacial score (nSPS) is 21.5. The van der Waals surface area contributed by atoms with Gasteiger partial charge in [-0.2, -0.15) is 0 Å². The van der Waals surface area contributed by atoms with Crippen LogP contribution in [0, 0.1) is 0 Å². The second-order valence-corrected chi connectivity index (χ2v) is 8.65. The second-order valence-electron chi connectivity index (χ2n) is 6.97. The van der Waals surface area contributed by atoms with Crippen molar-refractivity contribution in [3.8, 4) is 5.75 Å². The van der Waals surface area contributed by atoms with Gasteiger partial charge in [0.2, 0.25) is 5.91 Å². The number of benzene rings is 1. The van der Waals surface area contributed by atoms with Crippen LogP contribution >= 0.6 is 24.0 Å². The second kappa shape index (κ2) is 9.56. The van der Waals surface area contributed by atoms with Crippen molar-refractivity contribution in [3.63, 3.8) is 0 Å². The monoisotopic (exact) mass is 418 g/mol. The van der Waals surface area contributed by atoms with Crippen molar-refractivity contribution in [2.75, 3.05) is 20.2 Å². The summed E-state index contributed by atoms with van der Waals surface area (Å²) < 4.78 is 5.85. The average molecular weight is 419 g/mol. The number of methoxy groups -OCH3 is 1. The molecule has 1 aromatic rings. The van der Waals surface area contributed by atoms with Crippen molar-refractivity contribution in [2.24, 2.45) is 0 Å². The standard InChI is InChI=1S/C21H26N2O3S2/c1-3-16-9-6-7-12-22(16)19(24)11-13-23-20(25)18(28-21(23)27)14-15-8-4-5-10-17(15)26-2/h4-5,8,10,14,16H,3,6-7,9,11-13H2,1-2H3/b18-14-/t16-/m1/s1. The number of carbonyl (C=O) groups excluding carboxylic acids is 2. The van der Waals surface area contributed by atoms with Crippen LogP contribution in [0.5, 0.6) is 5.75 Å². The molecule has 3 rings (SSSR count). The van der Waals surface area contributed by atoms with Crippen LogP contribution in [0.2, 0.25) is 0 Å². The molecule has 28 heavy (non-hydrogen) atoms. The van der Waals surface area contributed by atoms with Crippen molar-refractivity contribution in [2.45, 2.75) is 45.1 Å². The maximum atomic E-state index is 12.8.